The second-order valence-corrected chi connectivity index (χ2v) is 4.73. The molecule has 1 aliphatic carbocycles. The van der Waals surface area contributed by atoms with Crippen molar-refractivity contribution in [2.45, 2.75) is 58.0 Å². The standard InChI is InChI=1S/C11H20N4/c1-4-15-8(2)13-14-10(15)11(3)7-5-6-9(11)12/h9H,4-7,12H2,1-3H3. The van der Waals surface area contributed by atoms with E-state index in [2.05, 4.69) is 28.6 Å². The lowest BCUT2D eigenvalue weighted by Gasteiger charge is -2.28. The molecule has 2 unspecified atom stereocenters. The largest absolute Gasteiger partial charge is 0.327 e. The summed E-state index contributed by atoms with van der Waals surface area (Å²) in [7, 11) is 0. The van der Waals surface area contributed by atoms with Crippen LogP contribution in [0.15, 0.2) is 0 Å². The zero-order valence-electron chi connectivity index (χ0n) is 9.82. The lowest BCUT2D eigenvalue weighted by Crippen LogP contribution is -2.40. The van der Waals surface area contributed by atoms with Crippen molar-refractivity contribution in [1.29, 1.82) is 0 Å². The number of nitrogens with zero attached hydrogens (tertiary/aromatic N) is 3. The highest BCUT2D eigenvalue weighted by molar-refractivity contribution is 5.15. The first kappa shape index (κ1) is 10.6. The lowest BCUT2D eigenvalue weighted by molar-refractivity contribution is 0.385. The molecule has 1 heterocycles. The zero-order chi connectivity index (χ0) is 11.1. The topological polar surface area (TPSA) is 56.7 Å². The first-order valence-electron chi connectivity index (χ1n) is 5.75. The molecule has 2 rings (SSSR count). The maximum absolute atomic E-state index is 6.20. The number of hydrogen-bond donors (Lipinski definition) is 1. The molecule has 0 aliphatic heterocycles. The van der Waals surface area contributed by atoms with E-state index in [-0.39, 0.29) is 11.5 Å². The van der Waals surface area contributed by atoms with Crippen molar-refractivity contribution in [3.05, 3.63) is 11.6 Å². The molecule has 2 atom stereocenters. The molecule has 0 bridgehead atoms. The molecule has 0 radical (unpaired) electrons. The van der Waals surface area contributed by atoms with Crippen molar-refractivity contribution < 1.29 is 0 Å². The highest BCUT2D eigenvalue weighted by Gasteiger charge is 2.41. The summed E-state index contributed by atoms with van der Waals surface area (Å²) in [6.07, 6.45) is 3.44. The van der Waals surface area contributed by atoms with E-state index in [9.17, 15) is 0 Å². The minimum Gasteiger partial charge on any atom is -0.327 e. The van der Waals surface area contributed by atoms with Crippen LogP contribution >= 0.6 is 0 Å². The van der Waals surface area contributed by atoms with Crippen LogP contribution in [0.5, 0.6) is 0 Å². The van der Waals surface area contributed by atoms with E-state index in [1.54, 1.807) is 0 Å². The molecule has 4 nitrogen and oxygen atoms in total. The number of rotatable bonds is 2. The molecule has 1 fully saturated rings. The minimum absolute atomic E-state index is 0.0251. The van der Waals surface area contributed by atoms with Gasteiger partial charge >= 0.3 is 0 Å². The number of hydrogen-bond acceptors (Lipinski definition) is 3. The molecular formula is C11H20N4. The molecule has 0 amide bonds. The van der Waals surface area contributed by atoms with Gasteiger partial charge in [0, 0.05) is 18.0 Å². The monoisotopic (exact) mass is 208 g/mol. The fourth-order valence-corrected chi connectivity index (χ4v) is 2.65. The minimum atomic E-state index is 0.0251. The number of aromatic nitrogens is 3. The highest BCUT2D eigenvalue weighted by Crippen LogP contribution is 2.38. The van der Waals surface area contributed by atoms with Gasteiger partial charge in [0.1, 0.15) is 11.6 Å². The highest BCUT2D eigenvalue weighted by atomic mass is 15.3. The molecule has 15 heavy (non-hydrogen) atoms. The van der Waals surface area contributed by atoms with Crippen LogP contribution in [-0.2, 0) is 12.0 Å². The molecule has 0 aromatic carbocycles. The van der Waals surface area contributed by atoms with E-state index in [4.69, 9.17) is 5.73 Å². The van der Waals surface area contributed by atoms with Crippen LogP contribution < -0.4 is 5.73 Å². The SMILES string of the molecule is CCn1c(C)nnc1C1(C)CCCC1N. The van der Waals surface area contributed by atoms with E-state index >= 15 is 0 Å². The Morgan fingerprint density at radius 1 is 1.53 bits per heavy atom. The Morgan fingerprint density at radius 2 is 2.27 bits per heavy atom. The molecule has 2 N–H and O–H groups in total. The summed E-state index contributed by atoms with van der Waals surface area (Å²) in [5.74, 6) is 2.07. The Balaban J connectivity index is 2.44. The van der Waals surface area contributed by atoms with Gasteiger partial charge in [-0.15, -0.1) is 10.2 Å². The third-order valence-corrected chi connectivity index (χ3v) is 3.79. The summed E-state index contributed by atoms with van der Waals surface area (Å²) in [6.45, 7) is 7.28. The third kappa shape index (κ3) is 1.47. The number of nitrogens with two attached hydrogens (primary N) is 1. The zero-order valence-corrected chi connectivity index (χ0v) is 9.82. The van der Waals surface area contributed by atoms with E-state index in [1.807, 2.05) is 6.92 Å². The fourth-order valence-electron chi connectivity index (χ4n) is 2.65. The van der Waals surface area contributed by atoms with Crippen molar-refractivity contribution in [1.82, 2.24) is 14.8 Å². The summed E-state index contributed by atoms with van der Waals surface area (Å²) < 4.78 is 2.19. The Bertz CT molecular complexity index is 357. The molecule has 0 spiro atoms. The van der Waals surface area contributed by atoms with Crippen LogP contribution in [0.4, 0.5) is 0 Å². The normalized spacial score (nSPS) is 31.1. The van der Waals surface area contributed by atoms with Crippen molar-refractivity contribution in [2.24, 2.45) is 5.73 Å². The molecule has 1 saturated carbocycles. The first-order valence-corrected chi connectivity index (χ1v) is 5.75. The van der Waals surface area contributed by atoms with E-state index in [0.717, 1.165) is 31.0 Å². The van der Waals surface area contributed by atoms with E-state index in [0.29, 0.717) is 0 Å². The average Bonchev–Trinajstić information content (AvgIpc) is 2.72. The first-order chi connectivity index (χ1) is 7.09. The molecular weight excluding hydrogens is 188 g/mol. The van der Waals surface area contributed by atoms with Gasteiger partial charge < -0.3 is 10.3 Å². The van der Waals surface area contributed by atoms with Crippen molar-refractivity contribution in [3.8, 4) is 0 Å². The van der Waals surface area contributed by atoms with Gasteiger partial charge in [-0.05, 0) is 26.7 Å². The third-order valence-electron chi connectivity index (χ3n) is 3.79. The molecule has 84 valence electrons. The molecule has 1 aliphatic rings. The summed E-state index contributed by atoms with van der Waals surface area (Å²) >= 11 is 0. The van der Waals surface area contributed by atoms with Crippen LogP contribution in [0, 0.1) is 6.92 Å². The van der Waals surface area contributed by atoms with E-state index in [1.165, 1.54) is 6.42 Å². The maximum atomic E-state index is 6.20. The fraction of sp³-hybridized carbons (Fsp3) is 0.818. The smallest absolute Gasteiger partial charge is 0.140 e. The average molecular weight is 208 g/mol. The Labute approximate surface area is 90.9 Å². The summed E-state index contributed by atoms with van der Waals surface area (Å²) in [6, 6.07) is 0.228. The Kier molecular flexibility index (Phi) is 2.54. The van der Waals surface area contributed by atoms with Crippen LogP contribution in [0.2, 0.25) is 0 Å². The summed E-state index contributed by atoms with van der Waals surface area (Å²) in [5, 5.41) is 8.49. The Morgan fingerprint density at radius 3 is 2.80 bits per heavy atom. The maximum Gasteiger partial charge on any atom is 0.140 e. The van der Waals surface area contributed by atoms with Crippen LogP contribution in [0.1, 0.15) is 44.8 Å². The van der Waals surface area contributed by atoms with Gasteiger partial charge in [0.25, 0.3) is 0 Å². The van der Waals surface area contributed by atoms with Crippen molar-refractivity contribution in [3.63, 3.8) is 0 Å². The van der Waals surface area contributed by atoms with E-state index < -0.39 is 0 Å². The molecule has 1 aromatic heterocycles. The lowest BCUT2D eigenvalue weighted by atomic mass is 9.84. The van der Waals surface area contributed by atoms with Crippen LogP contribution in [0.25, 0.3) is 0 Å². The molecule has 1 aromatic rings. The Hall–Kier alpha value is -0.900. The second kappa shape index (κ2) is 3.59. The van der Waals surface area contributed by atoms with Gasteiger partial charge in [-0.25, -0.2) is 0 Å². The molecule has 4 heteroatoms. The van der Waals surface area contributed by atoms with Gasteiger partial charge in [-0.1, -0.05) is 13.3 Å². The van der Waals surface area contributed by atoms with Gasteiger partial charge in [-0.3, -0.25) is 0 Å². The van der Waals surface area contributed by atoms with Gasteiger partial charge in [-0.2, -0.15) is 0 Å². The number of aryl methyl sites for hydroxylation is 1. The van der Waals surface area contributed by atoms with Gasteiger partial charge in [0.2, 0.25) is 0 Å². The summed E-state index contributed by atoms with van der Waals surface area (Å²) in [5.41, 5.74) is 6.22. The van der Waals surface area contributed by atoms with Gasteiger partial charge in [0.15, 0.2) is 0 Å². The predicted octanol–water partition coefficient (Wildman–Crippen LogP) is 1.38. The summed E-state index contributed by atoms with van der Waals surface area (Å²) in [4.78, 5) is 0. The second-order valence-electron chi connectivity index (χ2n) is 4.73. The van der Waals surface area contributed by atoms with Crippen molar-refractivity contribution >= 4 is 0 Å². The van der Waals surface area contributed by atoms with Crippen LogP contribution in [-0.4, -0.2) is 20.8 Å². The quantitative estimate of drug-likeness (QED) is 0.798. The molecule has 0 saturated heterocycles. The predicted molar refractivity (Wildman–Crippen MR) is 59.6 cm³/mol. The van der Waals surface area contributed by atoms with Crippen molar-refractivity contribution in [2.75, 3.05) is 0 Å². The van der Waals surface area contributed by atoms with Gasteiger partial charge in [0.05, 0.1) is 0 Å². The van der Waals surface area contributed by atoms with Crippen LogP contribution in [0.3, 0.4) is 0 Å².